The molecule has 22 heavy (non-hydrogen) atoms. The molecule has 3 aliphatic rings. The molecule has 3 nitrogen and oxygen atoms in total. The number of nitrogens with one attached hydrogen (secondary N) is 1. The van der Waals surface area contributed by atoms with E-state index in [0.717, 1.165) is 35.0 Å². The van der Waals surface area contributed by atoms with Crippen molar-refractivity contribution in [3.05, 3.63) is 82.4 Å². The fourth-order valence-corrected chi connectivity index (χ4v) is 2.99. The highest BCUT2D eigenvalue weighted by molar-refractivity contribution is 6.22. The Morgan fingerprint density at radius 1 is 1.00 bits per heavy atom. The van der Waals surface area contributed by atoms with Crippen LogP contribution < -0.4 is 5.32 Å². The summed E-state index contributed by atoms with van der Waals surface area (Å²) in [5, 5.41) is 3.43. The standard InChI is InChI=1S/C19H17N3/c1-12-14-7-3-4-8-15(11-14)18(20-12)22-19-17-10-6-5-9-16(17)13(2)21-19/h3-10,20H,11H2,1-2H3. The number of rotatable bonds is 1. The fourth-order valence-electron chi connectivity index (χ4n) is 2.99. The highest BCUT2D eigenvalue weighted by Gasteiger charge is 2.21. The van der Waals surface area contributed by atoms with Gasteiger partial charge in [0.15, 0.2) is 5.84 Å². The van der Waals surface area contributed by atoms with Crippen molar-refractivity contribution in [3.8, 4) is 0 Å². The molecule has 0 amide bonds. The van der Waals surface area contributed by atoms with Crippen LogP contribution in [-0.4, -0.2) is 11.5 Å². The molecular weight excluding hydrogens is 270 g/mol. The molecule has 1 aromatic rings. The molecule has 2 heterocycles. The molecule has 0 unspecified atom stereocenters. The third-order valence-corrected chi connectivity index (χ3v) is 4.23. The first-order chi connectivity index (χ1) is 10.7. The van der Waals surface area contributed by atoms with Crippen molar-refractivity contribution in [2.75, 3.05) is 0 Å². The van der Waals surface area contributed by atoms with Gasteiger partial charge in [-0.25, -0.2) is 9.98 Å². The quantitative estimate of drug-likeness (QED) is 0.836. The molecule has 0 aromatic heterocycles. The van der Waals surface area contributed by atoms with Gasteiger partial charge in [-0.15, -0.1) is 0 Å². The number of benzene rings is 1. The highest BCUT2D eigenvalue weighted by Crippen LogP contribution is 2.28. The van der Waals surface area contributed by atoms with E-state index in [1.807, 2.05) is 19.1 Å². The lowest BCUT2D eigenvalue weighted by Crippen LogP contribution is -2.18. The molecule has 1 aliphatic carbocycles. The summed E-state index contributed by atoms with van der Waals surface area (Å²) in [7, 11) is 0. The molecule has 2 bridgehead atoms. The van der Waals surface area contributed by atoms with E-state index in [1.54, 1.807) is 0 Å². The Balaban J connectivity index is 1.80. The predicted molar refractivity (Wildman–Crippen MR) is 90.9 cm³/mol. The van der Waals surface area contributed by atoms with E-state index in [4.69, 9.17) is 4.99 Å². The number of hydrogen-bond donors (Lipinski definition) is 1. The van der Waals surface area contributed by atoms with Crippen molar-refractivity contribution in [1.29, 1.82) is 0 Å². The van der Waals surface area contributed by atoms with E-state index in [0.29, 0.717) is 0 Å². The van der Waals surface area contributed by atoms with E-state index in [1.165, 1.54) is 16.7 Å². The van der Waals surface area contributed by atoms with Crippen LogP contribution in [0.25, 0.3) is 0 Å². The van der Waals surface area contributed by atoms with Crippen molar-refractivity contribution in [3.63, 3.8) is 0 Å². The summed E-state index contributed by atoms with van der Waals surface area (Å²) in [5.41, 5.74) is 6.99. The van der Waals surface area contributed by atoms with Gasteiger partial charge in [0.25, 0.3) is 0 Å². The first-order valence-electron chi connectivity index (χ1n) is 7.51. The van der Waals surface area contributed by atoms with Gasteiger partial charge >= 0.3 is 0 Å². The third-order valence-electron chi connectivity index (χ3n) is 4.23. The van der Waals surface area contributed by atoms with E-state index < -0.39 is 0 Å². The second-order valence-electron chi connectivity index (χ2n) is 5.72. The SMILES string of the molecule is CC1=NC(=NC2=C3C=CC=CC(=C(C)N2)C3)c2ccccc21. The summed E-state index contributed by atoms with van der Waals surface area (Å²) in [6.45, 7) is 4.13. The number of allylic oxidation sites excluding steroid dienone is 7. The summed E-state index contributed by atoms with van der Waals surface area (Å²) in [6.07, 6.45) is 9.35. The summed E-state index contributed by atoms with van der Waals surface area (Å²) < 4.78 is 0. The maximum absolute atomic E-state index is 4.82. The van der Waals surface area contributed by atoms with Gasteiger partial charge < -0.3 is 5.32 Å². The Bertz CT molecular complexity index is 845. The van der Waals surface area contributed by atoms with Crippen molar-refractivity contribution in [1.82, 2.24) is 5.32 Å². The maximum Gasteiger partial charge on any atom is 0.162 e. The smallest absolute Gasteiger partial charge is 0.162 e. The van der Waals surface area contributed by atoms with E-state index in [2.05, 4.69) is 53.7 Å². The zero-order chi connectivity index (χ0) is 15.1. The zero-order valence-electron chi connectivity index (χ0n) is 12.7. The van der Waals surface area contributed by atoms with Crippen LogP contribution in [0.3, 0.4) is 0 Å². The topological polar surface area (TPSA) is 36.8 Å². The molecule has 0 spiro atoms. The molecule has 1 N–H and O–H groups in total. The number of hydrogen-bond acceptors (Lipinski definition) is 2. The van der Waals surface area contributed by atoms with Crippen LogP contribution in [0.15, 0.2) is 81.2 Å². The second kappa shape index (κ2) is 4.95. The van der Waals surface area contributed by atoms with Crippen molar-refractivity contribution < 1.29 is 0 Å². The lowest BCUT2D eigenvalue weighted by atomic mass is 10.0. The number of fused-ring (bicyclic) bond motifs is 3. The minimum absolute atomic E-state index is 0.796. The van der Waals surface area contributed by atoms with Crippen LogP contribution in [0.5, 0.6) is 0 Å². The lowest BCUT2D eigenvalue weighted by Gasteiger charge is -2.20. The highest BCUT2D eigenvalue weighted by atomic mass is 15.1. The molecule has 1 aromatic carbocycles. The van der Waals surface area contributed by atoms with Gasteiger partial charge in [0.2, 0.25) is 0 Å². The molecular formula is C19H17N3. The first-order valence-corrected chi connectivity index (χ1v) is 7.51. The van der Waals surface area contributed by atoms with E-state index in [-0.39, 0.29) is 0 Å². The van der Waals surface area contributed by atoms with Crippen LogP contribution in [0.4, 0.5) is 0 Å². The monoisotopic (exact) mass is 287 g/mol. The summed E-state index contributed by atoms with van der Waals surface area (Å²) in [4.78, 5) is 9.47. The molecule has 0 atom stereocenters. The van der Waals surface area contributed by atoms with Gasteiger partial charge in [-0.1, -0.05) is 48.6 Å². The summed E-state index contributed by atoms with van der Waals surface area (Å²) in [6, 6.07) is 8.26. The van der Waals surface area contributed by atoms with Crippen LogP contribution >= 0.6 is 0 Å². The molecule has 0 radical (unpaired) electrons. The van der Waals surface area contributed by atoms with Crippen molar-refractivity contribution >= 4 is 11.5 Å². The molecule has 108 valence electrons. The average Bonchev–Trinajstić information content (AvgIpc) is 2.72. The molecule has 4 rings (SSSR count). The van der Waals surface area contributed by atoms with Gasteiger partial charge in [0.05, 0.1) is 0 Å². The van der Waals surface area contributed by atoms with Gasteiger partial charge in [-0.05, 0) is 25.0 Å². The number of amidine groups is 1. The zero-order valence-corrected chi connectivity index (χ0v) is 12.7. The van der Waals surface area contributed by atoms with Gasteiger partial charge in [0.1, 0.15) is 5.82 Å². The van der Waals surface area contributed by atoms with Gasteiger partial charge in [-0.2, -0.15) is 0 Å². The number of dihydropyridines is 1. The van der Waals surface area contributed by atoms with Crippen molar-refractivity contribution in [2.45, 2.75) is 20.3 Å². The fraction of sp³-hybridized carbons (Fsp3) is 0.158. The Morgan fingerprint density at radius 3 is 2.55 bits per heavy atom. The Hall–Kier alpha value is -2.68. The molecule has 0 saturated carbocycles. The Labute approximate surface area is 130 Å². The van der Waals surface area contributed by atoms with Crippen LogP contribution in [0.2, 0.25) is 0 Å². The average molecular weight is 287 g/mol. The van der Waals surface area contributed by atoms with Crippen LogP contribution in [0.1, 0.15) is 31.4 Å². The molecule has 0 saturated heterocycles. The number of nitrogens with zero attached hydrogens (tertiary/aromatic N) is 2. The molecule has 3 heteroatoms. The van der Waals surface area contributed by atoms with E-state index >= 15 is 0 Å². The van der Waals surface area contributed by atoms with Crippen LogP contribution in [0, 0.1) is 0 Å². The second-order valence-corrected chi connectivity index (χ2v) is 5.72. The largest absolute Gasteiger partial charge is 0.343 e. The lowest BCUT2D eigenvalue weighted by molar-refractivity contribution is 0.857. The van der Waals surface area contributed by atoms with Crippen molar-refractivity contribution in [2.24, 2.45) is 9.98 Å². The minimum Gasteiger partial charge on any atom is -0.343 e. The van der Waals surface area contributed by atoms with E-state index in [9.17, 15) is 0 Å². The first kappa shape index (κ1) is 13.0. The minimum atomic E-state index is 0.796. The van der Waals surface area contributed by atoms with Gasteiger partial charge in [-0.3, -0.25) is 0 Å². The van der Waals surface area contributed by atoms with Crippen LogP contribution in [-0.2, 0) is 0 Å². The molecule has 0 fully saturated rings. The normalized spacial score (nSPS) is 21.0. The summed E-state index contributed by atoms with van der Waals surface area (Å²) >= 11 is 0. The Kier molecular flexibility index (Phi) is 2.93. The third kappa shape index (κ3) is 2.06. The summed E-state index contributed by atoms with van der Waals surface area (Å²) in [5.74, 6) is 1.70. The number of aliphatic imine (C=N–C) groups is 2. The van der Waals surface area contributed by atoms with Gasteiger partial charge in [0, 0.05) is 29.0 Å². The maximum atomic E-state index is 4.82. The Morgan fingerprint density at radius 2 is 1.73 bits per heavy atom. The molecule has 2 aliphatic heterocycles. The predicted octanol–water partition coefficient (Wildman–Crippen LogP) is 3.86.